The summed E-state index contributed by atoms with van der Waals surface area (Å²) in [7, 11) is 1.52. The Balaban J connectivity index is 1.21. The lowest BCUT2D eigenvalue weighted by Crippen LogP contribution is -2.35. The Morgan fingerprint density at radius 3 is 2.43 bits per heavy atom. The van der Waals surface area contributed by atoms with Gasteiger partial charge >= 0.3 is 5.97 Å². The number of rotatable bonds is 12. The van der Waals surface area contributed by atoms with Gasteiger partial charge < -0.3 is 24.7 Å². The number of nitrogens with two attached hydrogens (primary N) is 1. The molecule has 0 spiro atoms. The number of carbonyl (C=O) groups is 2. The minimum atomic E-state index is -0.790. The lowest BCUT2D eigenvalue weighted by Gasteiger charge is -2.17. The zero-order valence-corrected chi connectivity index (χ0v) is 24.2. The highest BCUT2D eigenvalue weighted by Crippen LogP contribution is 2.37. The molecule has 3 aromatic carbocycles. The van der Waals surface area contributed by atoms with Gasteiger partial charge in [-0.25, -0.2) is 4.39 Å². The van der Waals surface area contributed by atoms with Crippen LogP contribution < -0.4 is 25.1 Å². The maximum atomic E-state index is 14.4. The molecule has 2 N–H and O–H groups in total. The lowest BCUT2D eigenvalue weighted by molar-refractivity contribution is -0.150. The Morgan fingerprint density at radius 1 is 1.00 bits per heavy atom. The van der Waals surface area contributed by atoms with Crippen molar-refractivity contribution >= 4 is 28.5 Å². The van der Waals surface area contributed by atoms with E-state index in [0.717, 1.165) is 37.8 Å². The van der Waals surface area contributed by atoms with Crippen molar-refractivity contribution in [2.24, 2.45) is 5.73 Å². The van der Waals surface area contributed by atoms with Gasteiger partial charge in [0.25, 0.3) is 5.91 Å². The fraction of sp³-hybridized carbons (Fsp3) is 0.303. The zero-order chi connectivity index (χ0) is 31.1. The summed E-state index contributed by atoms with van der Waals surface area (Å²) in [4.78, 5) is 29.1. The molecule has 1 saturated carbocycles. The second-order valence-electron chi connectivity index (χ2n) is 10.5. The number of nitrogens with zero attached hydrogens (tertiary/aromatic N) is 2. The predicted molar refractivity (Wildman–Crippen MR) is 160 cm³/mol. The van der Waals surface area contributed by atoms with Crippen LogP contribution in [0.5, 0.6) is 23.0 Å². The van der Waals surface area contributed by atoms with Crippen LogP contribution in [-0.2, 0) is 20.7 Å². The molecule has 0 bridgehead atoms. The first-order chi connectivity index (χ1) is 21.3. The number of ether oxygens (including phenoxy) is 4. The summed E-state index contributed by atoms with van der Waals surface area (Å²) in [5, 5.41) is 0.665. The Bertz CT molecular complexity index is 1590. The molecule has 0 radical (unpaired) electrons. The predicted octanol–water partition coefficient (Wildman–Crippen LogP) is 6.22. The van der Waals surface area contributed by atoms with Crippen LogP contribution in [0, 0.1) is 5.82 Å². The van der Waals surface area contributed by atoms with Crippen molar-refractivity contribution in [1.29, 1.82) is 0 Å². The van der Waals surface area contributed by atoms with Crippen LogP contribution >= 0.6 is 0 Å². The highest BCUT2D eigenvalue weighted by Gasteiger charge is 2.23. The van der Waals surface area contributed by atoms with Crippen LogP contribution in [0.25, 0.3) is 10.9 Å². The number of methoxy groups -OCH3 is 1. The number of fused-ring (bicyclic) bond motifs is 1. The molecule has 5 rings (SSSR count). The molecule has 1 amide bonds. The van der Waals surface area contributed by atoms with Gasteiger partial charge in [0.1, 0.15) is 29.5 Å². The molecule has 11 heteroatoms. The summed E-state index contributed by atoms with van der Waals surface area (Å²) in [5.41, 5.74) is 7.14. The molecular formula is C33H33F2N3O6. The maximum Gasteiger partial charge on any atom is 0.323 e. The van der Waals surface area contributed by atoms with Gasteiger partial charge in [0.2, 0.25) is 0 Å². The molecule has 44 heavy (non-hydrogen) atoms. The number of amides is 1. The smallest absolute Gasteiger partial charge is 0.323 e. The summed E-state index contributed by atoms with van der Waals surface area (Å²) in [6.07, 6.45) is 5.53. The van der Waals surface area contributed by atoms with Crippen molar-refractivity contribution in [2.45, 2.75) is 50.7 Å². The van der Waals surface area contributed by atoms with E-state index in [-0.39, 0.29) is 36.4 Å². The molecule has 1 aromatic heterocycles. The largest absolute Gasteiger partial charge is 0.493 e. The topological polar surface area (TPSA) is 113 Å². The molecule has 0 saturated heterocycles. The third-order valence-electron chi connectivity index (χ3n) is 7.34. The summed E-state index contributed by atoms with van der Waals surface area (Å²) < 4.78 is 50.6. The quantitative estimate of drug-likeness (QED) is 0.150. The van der Waals surface area contributed by atoms with Crippen LogP contribution in [0.4, 0.5) is 14.6 Å². The number of hydrogen-bond donors (Lipinski definition) is 1. The molecular weight excluding hydrogens is 572 g/mol. The average Bonchev–Trinajstić information content (AvgIpc) is 3.54. The Labute approximate surface area is 253 Å². The number of anilines is 1. The van der Waals surface area contributed by atoms with Crippen LogP contribution in [-0.4, -0.2) is 42.7 Å². The maximum absolute atomic E-state index is 14.4. The molecule has 1 heterocycles. The van der Waals surface area contributed by atoms with E-state index in [2.05, 4.69) is 4.98 Å². The first-order valence-corrected chi connectivity index (χ1v) is 14.4. The SMILES string of the molecule is COc1cc2c(Oc3ccc(CC(=O)N(F)c4ccc(F)cc4)cc3)ccnc2cc1OCCC(N)C(=O)OC1CCCC1. The summed E-state index contributed by atoms with van der Waals surface area (Å²) >= 11 is 0. The van der Waals surface area contributed by atoms with Gasteiger partial charge in [-0.3, -0.25) is 14.6 Å². The average molecular weight is 606 g/mol. The van der Waals surface area contributed by atoms with Crippen molar-refractivity contribution in [3.8, 4) is 23.0 Å². The van der Waals surface area contributed by atoms with Crippen LogP contribution in [0.2, 0.25) is 0 Å². The number of carbonyl (C=O) groups excluding carboxylic acids is 2. The van der Waals surface area contributed by atoms with E-state index in [1.165, 1.54) is 19.2 Å². The molecule has 1 atom stereocenters. The Morgan fingerprint density at radius 2 is 1.73 bits per heavy atom. The van der Waals surface area contributed by atoms with Gasteiger partial charge in [-0.2, -0.15) is 0 Å². The molecule has 1 unspecified atom stereocenters. The number of halogens is 2. The standard InChI is InChI=1S/C33H33F2N3O6/c1-41-30-19-26-28(20-31(30)42-17-15-27(36)33(40)44-24-4-2-3-5-24)37-16-14-29(26)43-25-12-6-21(7-13-25)18-32(39)38(35)23-10-8-22(34)9-11-23/h6-14,16,19-20,24,27H,2-5,15,17-18,36H2,1H3. The third kappa shape index (κ3) is 7.59. The first kappa shape index (κ1) is 30.7. The number of pyridine rings is 1. The van der Waals surface area contributed by atoms with Crippen LogP contribution in [0.1, 0.15) is 37.7 Å². The minimum absolute atomic E-state index is 0.00212. The Hall–Kier alpha value is -4.77. The molecule has 230 valence electrons. The Kier molecular flexibility index (Phi) is 9.86. The molecule has 0 aliphatic heterocycles. The second-order valence-corrected chi connectivity index (χ2v) is 10.5. The molecule has 1 fully saturated rings. The van der Waals surface area contributed by atoms with Gasteiger partial charge in [0, 0.05) is 24.1 Å². The summed E-state index contributed by atoms with van der Waals surface area (Å²) in [5.74, 6) is 0.161. The number of aromatic nitrogens is 1. The molecule has 9 nitrogen and oxygen atoms in total. The molecule has 4 aromatic rings. The van der Waals surface area contributed by atoms with Crippen molar-refractivity contribution in [3.63, 3.8) is 0 Å². The van der Waals surface area contributed by atoms with Crippen LogP contribution in [0.3, 0.4) is 0 Å². The monoisotopic (exact) mass is 605 g/mol. The highest BCUT2D eigenvalue weighted by atomic mass is 19.2. The zero-order valence-electron chi connectivity index (χ0n) is 24.2. The van der Waals surface area contributed by atoms with E-state index in [0.29, 0.717) is 39.5 Å². The lowest BCUT2D eigenvalue weighted by atomic mass is 10.1. The summed E-state index contributed by atoms with van der Waals surface area (Å²) in [6, 6.07) is 15.6. The fourth-order valence-electron chi connectivity index (χ4n) is 4.92. The van der Waals surface area contributed by atoms with E-state index in [9.17, 15) is 18.5 Å². The number of esters is 1. The fourth-order valence-corrected chi connectivity index (χ4v) is 4.92. The van der Waals surface area contributed by atoms with Gasteiger partial charge in [0.15, 0.2) is 11.5 Å². The van der Waals surface area contributed by atoms with Crippen LogP contribution in [0.15, 0.2) is 72.9 Å². The van der Waals surface area contributed by atoms with Gasteiger partial charge in [-0.05, 0) is 79.8 Å². The van der Waals surface area contributed by atoms with E-state index >= 15 is 0 Å². The van der Waals surface area contributed by atoms with Crippen molar-refractivity contribution < 1.29 is 37.4 Å². The van der Waals surface area contributed by atoms with E-state index < -0.39 is 23.7 Å². The van der Waals surface area contributed by atoms with E-state index in [1.54, 1.807) is 48.7 Å². The summed E-state index contributed by atoms with van der Waals surface area (Å²) in [6.45, 7) is 0.178. The van der Waals surface area contributed by atoms with E-state index in [1.807, 2.05) is 0 Å². The van der Waals surface area contributed by atoms with Gasteiger partial charge in [0.05, 0.1) is 31.3 Å². The highest BCUT2D eigenvalue weighted by molar-refractivity contribution is 5.92. The third-order valence-corrected chi connectivity index (χ3v) is 7.34. The number of benzene rings is 3. The molecule has 1 aliphatic carbocycles. The normalized spacial score (nSPS) is 13.8. The molecule has 1 aliphatic rings. The number of hydrogen-bond acceptors (Lipinski definition) is 8. The van der Waals surface area contributed by atoms with Crippen molar-refractivity contribution in [2.75, 3.05) is 18.8 Å². The first-order valence-electron chi connectivity index (χ1n) is 14.4. The van der Waals surface area contributed by atoms with Crippen molar-refractivity contribution in [1.82, 2.24) is 4.98 Å². The van der Waals surface area contributed by atoms with E-state index in [4.69, 9.17) is 24.7 Å². The van der Waals surface area contributed by atoms with Crippen molar-refractivity contribution in [3.05, 3.63) is 84.3 Å². The van der Waals surface area contributed by atoms with Gasteiger partial charge in [-0.1, -0.05) is 16.6 Å². The van der Waals surface area contributed by atoms with Gasteiger partial charge in [-0.15, -0.1) is 5.12 Å². The minimum Gasteiger partial charge on any atom is -0.493 e. The second kappa shape index (κ2) is 14.1.